The molecule has 0 saturated heterocycles. The third kappa shape index (κ3) is 3.39. The summed E-state index contributed by atoms with van der Waals surface area (Å²) >= 11 is 5.59. The van der Waals surface area contributed by atoms with E-state index < -0.39 is 0 Å². The summed E-state index contributed by atoms with van der Waals surface area (Å²) in [6.07, 6.45) is 7.37. The highest BCUT2D eigenvalue weighted by Gasteiger charge is 2.16. The Morgan fingerprint density at radius 2 is 2.46 bits per heavy atom. The third-order valence-electron chi connectivity index (χ3n) is 2.29. The van der Waals surface area contributed by atoms with E-state index in [1.165, 1.54) is 0 Å². The van der Waals surface area contributed by atoms with Crippen LogP contribution in [-0.4, -0.2) is 17.8 Å². The highest BCUT2D eigenvalue weighted by atomic mass is 35.5. The Hall–Kier alpha value is -0.500. The molecule has 1 N–H and O–H groups in total. The maximum absolute atomic E-state index is 11.4. The Morgan fingerprint density at radius 3 is 3.00 bits per heavy atom. The van der Waals surface area contributed by atoms with Crippen LogP contribution in [0.4, 0.5) is 0 Å². The molecule has 0 aromatic rings. The van der Waals surface area contributed by atoms with Crippen molar-refractivity contribution in [3.8, 4) is 0 Å². The lowest BCUT2D eigenvalue weighted by atomic mass is 10.0. The van der Waals surface area contributed by atoms with E-state index in [9.17, 15) is 4.79 Å². The van der Waals surface area contributed by atoms with Gasteiger partial charge in [-0.05, 0) is 19.3 Å². The molecule has 1 aliphatic rings. The Bertz CT molecular complexity index is 203. The lowest BCUT2D eigenvalue weighted by Gasteiger charge is -2.20. The van der Waals surface area contributed by atoms with Crippen LogP contribution in [0.3, 0.4) is 0 Å². The van der Waals surface area contributed by atoms with Gasteiger partial charge >= 0.3 is 0 Å². The van der Waals surface area contributed by atoms with Crippen LogP contribution in [0.1, 0.15) is 26.2 Å². The minimum absolute atomic E-state index is 0.0763. The van der Waals surface area contributed by atoms with Crippen molar-refractivity contribution >= 4 is 17.5 Å². The molecule has 0 spiro atoms. The van der Waals surface area contributed by atoms with Crippen LogP contribution in [-0.2, 0) is 4.79 Å². The van der Waals surface area contributed by atoms with Crippen LogP contribution >= 0.6 is 11.6 Å². The van der Waals surface area contributed by atoms with Crippen LogP contribution in [0.2, 0.25) is 0 Å². The number of amides is 1. The Kier molecular flexibility index (Phi) is 4.29. The van der Waals surface area contributed by atoms with E-state index in [0.717, 1.165) is 19.3 Å². The summed E-state index contributed by atoms with van der Waals surface area (Å²) in [4.78, 5) is 11.4. The number of rotatable bonds is 3. The largest absolute Gasteiger partial charge is 0.353 e. The van der Waals surface area contributed by atoms with Crippen molar-refractivity contribution in [1.82, 2.24) is 5.32 Å². The number of allylic oxidation sites excluding steroid dienone is 1. The lowest BCUT2D eigenvalue weighted by molar-refractivity contribution is -0.124. The Morgan fingerprint density at radius 1 is 1.69 bits per heavy atom. The first-order chi connectivity index (χ1) is 6.24. The van der Waals surface area contributed by atoms with Gasteiger partial charge in [-0.25, -0.2) is 0 Å². The van der Waals surface area contributed by atoms with Gasteiger partial charge in [0.2, 0.25) is 5.91 Å². The second-order valence-electron chi connectivity index (χ2n) is 3.55. The summed E-state index contributed by atoms with van der Waals surface area (Å²) in [5, 5.41) is 2.99. The zero-order chi connectivity index (χ0) is 9.68. The molecule has 0 aromatic carbocycles. The number of carbonyl (C=O) groups excluding carboxylic acids is 1. The summed E-state index contributed by atoms with van der Waals surface area (Å²) in [5.74, 6) is 0.400. The summed E-state index contributed by atoms with van der Waals surface area (Å²) in [7, 11) is 0. The molecule has 74 valence electrons. The second kappa shape index (κ2) is 5.28. The van der Waals surface area contributed by atoms with Crippen LogP contribution < -0.4 is 5.32 Å². The van der Waals surface area contributed by atoms with E-state index in [4.69, 9.17) is 11.6 Å². The van der Waals surface area contributed by atoms with Gasteiger partial charge in [-0.2, -0.15) is 0 Å². The third-order valence-corrected chi connectivity index (χ3v) is 2.76. The zero-order valence-electron chi connectivity index (χ0n) is 7.92. The standard InChI is InChI=1S/C10H16ClNO/c1-8(7-11)10(13)12-9-5-3-2-4-6-9/h2-3,8-9H,4-7H2,1H3,(H,12,13). The lowest BCUT2D eigenvalue weighted by Crippen LogP contribution is -2.38. The number of alkyl halides is 1. The molecule has 0 heterocycles. The summed E-state index contributed by atoms with van der Waals surface area (Å²) in [6.45, 7) is 1.85. The zero-order valence-corrected chi connectivity index (χ0v) is 8.68. The normalized spacial score (nSPS) is 24.0. The van der Waals surface area contributed by atoms with Gasteiger partial charge in [0.05, 0.1) is 0 Å². The molecule has 3 heteroatoms. The molecule has 2 nitrogen and oxygen atoms in total. The van der Waals surface area contributed by atoms with E-state index in [2.05, 4.69) is 17.5 Å². The van der Waals surface area contributed by atoms with Crippen molar-refractivity contribution < 1.29 is 4.79 Å². The molecular weight excluding hydrogens is 186 g/mol. The van der Waals surface area contributed by atoms with E-state index in [-0.39, 0.29) is 11.8 Å². The number of carbonyl (C=O) groups is 1. The summed E-state index contributed by atoms with van der Waals surface area (Å²) < 4.78 is 0. The smallest absolute Gasteiger partial charge is 0.224 e. The first-order valence-electron chi connectivity index (χ1n) is 4.75. The quantitative estimate of drug-likeness (QED) is 0.550. The predicted molar refractivity (Wildman–Crippen MR) is 54.8 cm³/mol. The minimum Gasteiger partial charge on any atom is -0.353 e. The Balaban J connectivity index is 2.31. The van der Waals surface area contributed by atoms with Gasteiger partial charge in [0, 0.05) is 17.8 Å². The first kappa shape index (κ1) is 10.6. The molecule has 2 unspecified atom stereocenters. The van der Waals surface area contributed by atoms with Crippen LogP contribution in [0.25, 0.3) is 0 Å². The van der Waals surface area contributed by atoms with Crippen molar-refractivity contribution in [2.24, 2.45) is 5.92 Å². The van der Waals surface area contributed by atoms with Gasteiger partial charge in [0.25, 0.3) is 0 Å². The second-order valence-corrected chi connectivity index (χ2v) is 3.85. The van der Waals surface area contributed by atoms with Gasteiger partial charge in [-0.1, -0.05) is 19.1 Å². The highest BCUT2D eigenvalue weighted by molar-refractivity contribution is 6.19. The maximum Gasteiger partial charge on any atom is 0.224 e. The van der Waals surface area contributed by atoms with Crippen molar-refractivity contribution in [1.29, 1.82) is 0 Å². The average molecular weight is 202 g/mol. The number of hydrogen-bond donors (Lipinski definition) is 1. The maximum atomic E-state index is 11.4. The molecule has 0 radical (unpaired) electrons. The average Bonchev–Trinajstić information content (AvgIpc) is 2.18. The van der Waals surface area contributed by atoms with E-state index in [1.54, 1.807) is 0 Å². The molecule has 0 bridgehead atoms. The molecule has 0 fully saturated rings. The summed E-state index contributed by atoms with van der Waals surface area (Å²) in [5.41, 5.74) is 0. The molecule has 13 heavy (non-hydrogen) atoms. The first-order valence-corrected chi connectivity index (χ1v) is 5.29. The van der Waals surface area contributed by atoms with Crippen molar-refractivity contribution in [2.45, 2.75) is 32.2 Å². The minimum atomic E-state index is -0.0763. The monoisotopic (exact) mass is 201 g/mol. The predicted octanol–water partition coefficient (Wildman–Crippen LogP) is 2.09. The van der Waals surface area contributed by atoms with Gasteiger partial charge in [0.1, 0.15) is 0 Å². The fourth-order valence-corrected chi connectivity index (χ4v) is 1.48. The fourth-order valence-electron chi connectivity index (χ4n) is 1.34. The van der Waals surface area contributed by atoms with Crippen molar-refractivity contribution in [3.63, 3.8) is 0 Å². The van der Waals surface area contributed by atoms with Gasteiger partial charge in [0.15, 0.2) is 0 Å². The topological polar surface area (TPSA) is 29.1 Å². The van der Waals surface area contributed by atoms with Crippen LogP contribution in [0.5, 0.6) is 0 Å². The van der Waals surface area contributed by atoms with Gasteiger partial charge in [-0.3, -0.25) is 4.79 Å². The molecular formula is C10H16ClNO. The van der Waals surface area contributed by atoms with E-state index >= 15 is 0 Å². The molecule has 0 aliphatic heterocycles. The SMILES string of the molecule is CC(CCl)C(=O)NC1CC=CCC1. The molecule has 1 aliphatic carbocycles. The summed E-state index contributed by atoms with van der Waals surface area (Å²) in [6, 6.07) is 0.322. The fraction of sp³-hybridized carbons (Fsp3) is 0.700. The van der Waals surface area contributed by atoms with E-state index in [0.29, 0.717) is 11.9 Å². The number of halogens is 1. The molecule has 1 amide bonds. The Labute approximate surface area is 84.3 Å². The highest BCUT2D eigenvalue weighted by Crippen LogP contribution is 2.11. The van der Waals surface area contributed by atoms with Crippen molar-refractivity contribution in [3.05, 3.63) is 12.2 Å². The van der Waals surface area contributed by atoms with Crippen molar-refractivity contribution in [2.75, 3.05) is 5.88 Å². The van der Waals surface area contributed by atoms with E-state index in [1.807, 2.05) is 6.92 Å². The number of hydrogen-bond acceptors (Lipinski definition) is 1. The molecule has 2 atom stereocenters. The molecule has 0 aromatic heterocycles. The van der Waals surface area contributed by atoms with Gasteiger partial charge < -0.3 is 5.32 Å². The van der Waals surface area contributed by atoms with Crippen LogP contribution in [0.15, 0.2) is 12.2 Å². The van der Waals surface area contributed by atoms with Gasteiger partial charge in [-0.15, -0.1) is 11.6 Å². The molecule has 0 saturated carbocycles. The molecule has 1 rings (SSSR count). The number of nitrogens with one attached hydrogen (secondary N) is 1. The van der Waals surface area contributed by atoms with Crippen LogP contribution in [0, 0.1) is 5.92 Å².